The van der Waals surface area contributed by atoms with E-state index in [0.29, 0.717) is 55.9 Å². The van der Waals surface area contributed by atoms with Crippen LogP contribution in [0.3, 0.4) is 0 Å². The van der Waals surface area contributed by atoms with Gasteiger partial charge >= 0.3 is 0 Å². The Bertz CT molecular complexity index is 1180. The summed E-state index contributed by atoms with van der Waals surface area (Å²) in [6.07, 6.45) is 4.23. The number of hydrogen-bond acceptors (Lipinski definition) is 5. The quantitative estimate of drug-likeness (QED) is 0.700. The van der Waals surface area contributed by atoms with Crippen LogP contribution in [0, 0.1) is 6.92 Å². The summed E-state index contributed by atoms with van der Waals surface area (Å²) in [5.74, 6) is 0.622. The highest BCUT2D eigenvalue weighted by molar-refractivity contribution is 6.00. The third-order valence-electron chi connectivity index (χ3n) is 6.62. The molecule has 1 saturated heterocycles. The maximum absolute atomic E-state index is 13.3. The number of nitrogens with one attached hydrogen (secondary N) is 1. The molecule has 31 heavy (non-hydrogen) atoms. The number of likely N-dealkylation sites (tertiary alicyclic amines) is 1. The number of Topliss-reactive ketones (excluding diaryl/α,β-unsaturated/α-hetero) is 1. The van der Waals surface area contributed by atoms with Crippen molar-refractivity contribution in [1.29, 1.82) is 0 Å². The van der Waals surface area contributed by atoms with Crippen molar-refractivity contribution in [3.8, 4) is 5.75 Å². The number of piperidine rings is 1. The van der Waals surface area contributed by atoms with Gasteiger partial charge in [-0.05, 0) is 38.0 Å². The highest BCUT2D eigenvalue weighted by Crippen LogP contribution is 2.39. The monoisotopic (exact) mass is 421 g/mol. The van der Waals surface area contributed by atoms with Crippen molar-refractivity contribution < 1.29 is 14.3 Å². The number of carbonyl (C=O) groups is 2. The highest BCUT2D eigenvalue weighted by Gasteiger charge is 2.45. The molecule has 0 radical (unpaired) electrons. The molecule has 162 valence electrons. The lowest BCUT2D eigenvalue weighted by molar-refractivity contribution is -0.00583. The van der Waals surface area contributed by atoms with Gasteiger partial charge in [0.15, 0.2) is 17.2 Å². The van der Waals surface area contributed by atoms with Crippen molar-refractivity contribution in [2.24, 2.45) is 0 Å². The van der Waals surface area contributed by atoms with Crippen LogP contribution < -0.4 is 4.74 Å². The summed E-state index contributed by atoms with van der Waals surface area (Å²) < 4.78 is 8.02. The third kappa shape index (κ3) is 3.21. The molecule has 2 aromatic heterocycles. The van der Waals surface area contributed by atoms with Gasteiger partial charge in [0, 0.05) is 49.1 Å². The summed E-state index contributed by atoms with van der Waals surface area (Å²) >= 11 is 0. The molecule has 2 aliphatic rings. The van der Waals surface area contributed by atoms with Crippen molar-refractivity contribution in [3.05, 3.63) is 40.8 Å². The fourth-order valence-electron chi connectivity index (χ4n) is 4.79. The number of aromatic nitrogens is 4. The average Bonchev–Trinajstić information content (AvgIpc) is 3.37. The zero-order chi connectivity index (χ0) is 21.8. The normalized spacial score (nSPS) is 17.8. The SMILES string of the molecule is CCc1[nH]nc2c(C)cc(C(=O)N3CCC4(CC3)CC(=O)c3nn(CC)cc3O4)cc12. The van der Waals surface area contributed by atoms with E-state index in [1.165, 1.54) is 0 Å². The molecular formula is C23H27N5O3. The third-order valence-corrected chi connectivity index (χ3v) is 6.62. The molecule has 1 aromatic carbocycles. The molecule has 0 bridgehead atoms. The molecule has 1 amide bonds. The molecule has 3 aromatic rings. The number of H-pyrrole nitrogens is 1. The minimum absolute atomic E-state index is 0.0183. The summed E-state index contributed by atoms with van der Waals surface area (Å²) in [4.78, 5) is 27.8. The largest absolute Gasteiger partial charge is 0.483 e. The number of ether oxygens (including phenoxy) is 1. The first kappa shape index (κ1) is 19.8. The molecule has 0 saturated carbocycles. The van der Waals surface area contributed by atoms with Crippen LogP contribution in [0.2, 0.25) is 0 Å². The first-order chi connectivity index (χ1) is 14.9. The van der Waals surface area contributed by atoms with Gasteiger partial charge in [-0.2, -0.15) is 10.2 Å². The standard InChI is InChI=1S/C23H27N5O3/c1-4-17-16-11-15(10-14(3)20(16)25-24-17)22(30)27-8-6-23(7-9-27)12-18(29)21-19(31-23)13-28(5-2)26-21/h10-11,13H,4-9,12H2,1-3H3,(H,24,25). The number of benzene rings is 1. The fourth-order valence-corrected chi connectivity index (χ4v) is 4.79. The highest BCUT2D eigenvalue weighted by atomic mass is 16.5. The number of fused-ring (bicyclic) bond motifs is 2. The van der Waals surface area contributed by atoms with Crippen molar-refractivity contribution in [2.75, 3.05) is 13.1 Å². The van der Waals surface area contributed by atoms with E-state index in [1.807, 2.05) is 30.9 Å². The van der Waals surface area contributed by atoms with E-state index in [1.54, 1.807) is 10.9 Å². The van der Waals surface area contributed by atoms with E-state index in [0.717, 1.165) is 28.6 Å². The van der Waals surface area contributed by atoms with Crippen molar-refractivity contribution in [1.82, 2.24) is 24.9 Å². The van der Waals surface area contributed by atoms with E-state index < -0.39 is 5.60 Å². The molecular weight excluding hydrogens is 394 g/mol. The molecule has 1 spiro atoms. The van der Waals surface area contributed by atoms with Crippen LogP contribution in [0.15, 0.2) is 18.3 Å². The number of ketones is 1. The molecule has 5 rings (SSSR count). The smallest absolute Gasteiger partial charge is 0.253 e. The zero-order valence-electron chi connectivity index (χ0n) is 18.2. The van der Waals surface area contributed by atoms with E-state index in [2.05, 4.69) is 22.2 Å². The Morgan fingerprint density at radius 2 is 2.03 bits per heavy atom. The van der Waals surface area contributed by atoms with Gasteiger partial charge in [-0.3, -0.25) is 19.4 Å². The average molecular weight is 422 g/mol. The second-order valence-electron chi connectivity index (χ2n) is 8.62. The van der Waals surface area contributed by atoms with Gasteiger partial charge < -0.3 is 9.64 Å². The van der Waals surface area contributed by atoms with Crippen LogP contribution >= 0.6 is 0 Å². The zero-order valence-corrected chi connectivity index (χ0v) is 18.2. The molecule has 0 unspecified atom stereocenters. The number of amides is 1. The Hall–Kier alpha value is -3.16. The summed E-state index contributed by atoms with van der Waals surface area (Å²) in [7, 11) is 0. The second kappa shape index (κ2) is 7.21. The summed E-state index contributed by atoms with van der Waals surface area (Å²) in [5, 5.41) is 12.8. The summed E-state index contributed by atoms with van der Waals surface area (Å²) in [5.41, 5.74) is 3.53. The van der Waals surface area contributed by atoms with Gasteiger partial charge in [-0.1, -0.05) is 6.92 Å². The fraction of sp³-hybridized carbons (Fsp3) is 0.478. The number of rotatable bonds is 3. The first-order valence-corrected chi connectivity index (χ1v) is 11.0. The predicted octanol–water partition coefficient (Wildman–Crippen LogP) is 3.29. The van der Waals surface area contributed by atoms with Crippen LogP contribution in [0.5, 0.6) is 5.75 Å². The topological polar surface area (TPSA) is 93.1 Å². The number of aromatic amines is 1. The lowest BCUT2D eigenvalue weighted by Crippen LogP contribution is -2.52. The van der Waals surface area contributed by atoms with Gasteiger partial charge in [-0.15, -0.1) is 0 Å². The Balaban J connectivity index is 1.34. The van der Waals surface area contributed by atoms with Crippen LogP contribution in [-0.2, 0) is 13.0 Å². The maximum Gasteiger partial charge on any atom is 0.253 e. The molecule has 1 fully saturated rings. The molecule has 4 heterocycles. The molecule has 8 nitrogen and oxygen atoms in total. The van der Waals surface area contributed by atoms with Crippen LogP contribution in [0.1, 0.15) is 65.2 Å². The Labute approximate surface area is 180 Å². The Morgan fingerprint density at radius 3 is 2.74 bits per heavy atom. The van der Waals surface area contributed by atoms with E-state index >= 15 is 0 Å². The molecule has 2 aliphatic heterocycles. The number of nitrogens with zero attached hydrogens (tertiary/aromatic N) is 4. The lowest BCUT2D eigenvalue weighted by atomic mass is 9.83. The van der Waals surface area contributed by atoms with Crippen LogP contribution in [0.4, 0.5) is 0 Å². The van der Waals surface area contributed by atoms with E-state index in [9.17, 15) is 9.59 Å². The summed E-state index contributed by atoms with van der Waals surface area (Å²) in [6.45, 7) is 7.86. The van der Waals surface area contributed by atoms with Crippen LogP contribution in [0.25, 0.3) is 10.9 Å². The molecule has 0 atom stereocenters. The minimum atomic E-state index is -0.539. The van der Waals surface area contributed by atoms with Gasteiger partial charge in [0.05, 0.1) is 18.1 Å². The molecule has 0 aliphatic carbocycles. The van der Waals surface area contributed by atoms with E-state index in [-0.39, 0.29) is 11.7 Å². The summed E-state index contributed by atoms with van der Waals surface area (Å²) in [6, 6.07) is 3.87. The van der Waals surface area contributed by atoms with Gasteiger partial charge in [0.2, 0.25) is 0 Å². The second-order valence-corrected chi connectivity index (χ2v) is 8.62. The van der Waals surface area contributed by atoms with Crippen molar-refractivity contribution in [2.45, 2.75) is 58.6 Å². The number of hydrogen-bond donors (Lipinski definition) is 1. The maximum atomic E-state index is 13.3. The van der Waals surface area contributed by atoms with Crippen molar-refractivity contribution >= 4 is 22.6 Å². The van der Waals surface area contributed by atoms with Crippen molar-refractivity contribution in [3.63, 3.8) is 0 Å². The molecule has 1 N–H and O–H groups in total. The first-order valence-electron chi connectivity index (χ1n) is 11.0. The Kier molecular flexibility index (Phi) is 4.60. The minimum Gasteiger partial charge on any atom is -0.483 e. The molecule has 8 heteroatoms. The number of carbonyl (C=O) groups excluding carboxylic acids is 2. The predicted molar refractivity (Wildman–Crippen MR) is 116 cm³/mol. The van der Waals surface area contributed by atoms with Gasteiger partial charge in [0.25, 0.3) is 5.91 Å². The number of aryl methyl sites for hydroxylation is 3. The Morgan fingerprint density at radius 1 is 1.26 bits per heavy atom. The van der Waals surface area contributed by atoms with Gasteiger partial charge in [-0.25, -0.2) is 0 Å². The van der Waals surface area contributed by atoms with Crippen LogP contribution in [-0.4, -0.2) is 55.3 Å². The lowest BCUT2D eigenvalue weighted by Gasteiger charge is -2.43. The van der Waals surface area contributed by atoms with E-state index in [4.69, 9.17) is 4.74 Å². The van der Waals surface area contributed by atoms with Gasteiger partial charge in [0.1, 0.15) is 5.60 Å².